The van der Waals surface area contributed by atoms with Gasteiger partial charge in [0, 0.05) is 13.2 Å². The highest BCUT2D eigenvalue weighted by molar-refractivity contribution is 7.08. The van der Waals surface area contributed by atoms with Crippen molar-refractivity contribution in [1.29, 1.82) is 0 Å². The standard InChI is InChI=1S/C7H6N4OS/c1-11-4-5(9-10-11)7(12)6-2-3-8-13-6/h2-4H,1H3. The van der Waals surface area contributed by atoms with E-state index in [2.05, 4.69) is 14.7 Å². The molecule has 2 aromatic rings. The van der Waals surface area contributed by atoms with E-state index in [1.807, 2.05) is 0 Å². The number of rotatable bonds is 2. The van der Waals surface area contributed by atoms with E-state index in [1.54, 1.807) is 25.5 Å². The molecule has 0 spiro atoms. The van der Waals surface area contributed by atoms with Crippen LogP contribution in [-0.2, 0) is 7.05 Å². The van der Waals surface area contributed by atoms with Crippen LogP contribution in [0.3, 0.4) is 0 Å². The van der Waals surface area contributed by atoms with Crippen LogP contribution in [0.15, 0.2) is 18.5 Å². The third-order valence-electron chi connectivity index (χ3n) is 1.50. The van der Waals surface area contributed by atoms with E-state index in [0.717, 1.165) is 11.5 Å². The molecule has 2 aromatic heterocycles. The van der Waals surface area contributed by atoms with Crippen molar-refractivity contribution in [2.24, 2.45) is 7.05 Å². The van der Waals surface area contributed by atoms with E-state index >= 15 is 0 Å². The summed E-state index contributed by atoms with van der Waals surface area (Å²) in [5.41, 5.74) is 0.353. The van der Waals surface area contributed by atoms with Crippen molar-refractivity contribution in [3.8, 4) is 0 Å². The minimum atomic E-state index is -0.129. The van der Waals surface area contributed by atoms with Crippen LogP contribution in [-0.4, -0.2) is 25.2 Å². The van der Waals surface area contributed by atoms with Gasteiger partial charge in [0.1, 0.15) is 0 Å². The fraction of sp³-hybridized carbons (Fsp3) is 0.143. The van der Waals surface area contributed by atoms with Crippen molar-refractivity contribution in [3.63, 3.8) is 0 Å². The van der Waals surface area contributed by atoms with Crippen molar-refractivity contribution < 1.29 is 4.79 Å². The van der Waals surface area contributed by atoms with Crippen molar-refractivity contribution in [3.05, 3.63) is 29.0 Å². The zero-order valence-electron chi connectivity index (χ0n) is 6.84. The molecule has 13 heavy (non-hydrogen) atoms. The summed E-state index contributed by atoms with van der Waals surface area (Å²) in [6.45, 7) is 0. The summed E-state index contributed by atoms with van der Waals surface area (Å²) in [7, 11) is 1.72. The van der Waals surface area contributed by atoms with E-state index in [9.17, 15) is 4.79 Å². The van der Waals surface area contributed by atoms with Crippen LogP contribution in [0.2, 0.25) is 0 Å². The number of carbonyl (C=O) groups excluding carboxylic acids is 1. The smallest absolute Gasteiger partial charge is 0.226 e. The first-order valence-electron chi connectivity index (χ1n) is 3.59. The van der Waals surface area contributed by atoms with Crippen LogP contribution in [0.4, 0.5) is 0 Å². The Kier molecular flexibility index (Phi) is 1.90. The number of carbonyl (C=O) groups is 1. The van der Waals surface area contributed by atoms with Gasteiger partial charge in [-0.25, -0.2) is 4.37 Å². The topological polar surface area (TPSA) is 60.7 Å². The molecular weight excluding hydrogens is 188 g/mol. The van der Waals surface area contributed by atoms with Crippen molar-refractivity contribution in [2.75, 3.05) is 0 Å². The maximum atomic E-state index is 11.6. The van der Waals surface area contributed by atoms with Gasteiger partial charge in [-0.15, -0.1) is 5.10 Å². The number of hydrogen-bond donors (Lipinski definition) is 0. The average molecular weight is 194 g/mol. The monoisotopic (exact) mass is 194 g/mol. The lowest BCUT2D eigenvalue weighted by Gasteiger charge is -1.87. The first-order chi connectivity index (χ1) is 6.27. The van der Waals surface area contributed by atoms with Crippen LogP contribution in [0.1, 0.15) is 15.4 Å². The van der Waals surface area contributed by atoms with Crippen molar-refractivity contribution in [2.45, 2.75) is 0 Å². The van der Waals surface area contributed by atoms with Crippen LogP contribution in [0.25, 0.3) is 0 Å². The molecule has 0 saturated heterocycles. The molecule has 0 saturated carbocycles. The number of nitrogens with zero attached hydrogens (tertiary/aromatic N) is 4. The predicted molar refractivity (Wildman–Crippen MR) is 46.5 cm³/mol. The summed E-state index contributed by atoms with van der Waals surface area (Å²) in [5, 5.41) is 7.39. The highest BCUT2D eigenvalue weighted by Gasteiger charge is 2.13. The maximum absolute atomic E-state index is 11.6. The third-order valence-corrected chi connectivity index (χ3v) is 2.24. The summed E-state index contributed by atoms with van der Waals surface area (Å²) in [6, 6.07) is 1.67. The van der Waals surface area contributed by atoms with E-state index in [-0.39, 0.29) is 5.78 Å². The molecule has 0 fully saturated rings. The Morgan fingerprint density at radius 2 is 2.46 bits per heavy atom. The summed E-state index contributed by atoms with van der Waals surface area (Å²) in [4.78, 5) is 12.2. The molecule has 0 amide bonds. The fourth-order valence-electron chi connectivity index (χ4n) is 0.911. The van der Waals surface area contributed by atoms with Gasteiger partial charge < -0.3 is 0 Å². The van der Waals surface area contributed by atoms with Gasteiger partial charge in [-0.2, -0.15) is 0 Å². The second-order valence-electron chi connectivity index (χ2n) is 2.48. The molecule has 5 nitrogen and oxygen atoms in total. The summed E-state index contributed by atoms with van der Waals surface area (Å²) >= 11 is 1.16. The predicted octanol–water partition coefficient (Wildman–Crippen LogP) is 0.503. The highest BCUT2D eigenvalue weighted by Crippen LogP contribution is 2.09. The van der Waals surface area contributed by atoms with Crippen LogP contribution in [0, 0.1) is 0 Å². The lowest BCUT2D eigenvalue weighted by atomic mass is 10.3. The Labute approximate surface area is 78.2 Å². The molecule has 66 valence electrons. The Morgan fingerprint density at radius 3 is 3.00 bits per heavy atom. The minimum absolute atomic E-state index is 0.129. The Morgan fingerprint density at radius 1 is 1.62 bits per heavy atom. The normalized spacial score (nSPS) is 10.2. The molecule has 2 heterocycles. The van der Waals surface area contributed by atoms with Crippen LogP contribution >= 0.6 is 11.5 Å². The minimum Gasteiger partial charge on any atom is -0.286 e. The first-order valence-corrected chi connectivity index (χ1v) is 4.36. The van der Waals surface area contributed by atoms with Gasteiger partial charge in [-0.1, -0.05) is 5.21 Å². The molecule has 0 aromatic carbocycles. The van der Waals surface area contributed by atoms with Gasteiger partial charge >= 0.3 is 0 Å². The molecule has 2 rings (SSSR count). The molecule has 0 N–H and O–H groups in total. The van der Waals surface area contributed by atoms with E-state index in [0.29, 0.717) is 10.6 Å². The molecule has 0 aliphatic rings. The van der Waals surface area contributed by atoms with Gasteiger partial charge in [0.25, 0.3) is 0 Å². The van der Waals surface area contributed by atoms with Gasteiger partial charge in [0.15, 0.2) is 5.69 Å². The fourth-order valence-corrected chi connectivity index (χ4v) is 1.45. The molecule has 0 atom stereocenters. The molecular formula is C7H6N4OS. The van der Waals surface area contributed by atoms with Crippen LogP contribution < -0.4 is 0 Å². The summed E-state index contributed by atoms with van der Waals surface area (Å²) in [5.74, 6) is -0.129. The zero-order valence-corrected chi connectivity index (χ0v) is 7.65. The summed E-state index contributed by atoms with van der Waals surface area (Å²) < 4.78 is 5.34. The molecule has 0 radical (unpaired) electrons. The Bertz CT molecular complexity index is 419. The number of aryl methyl sites for hydroxylation is 1. The lowest BCUT2D eigenvalue weighted by molar-refractivity contribution is 0.103. The Balaban J connectivity index is 2.33. The Hall–Kier alpha value is -1.56. The zero-order chi connectivity index (χ0) is 9.26. The number of ketones is 1. The first kappa shape index (κ1) is 8.06. The highest BCUT2D eigenvalue weighted by atomic mass is 32.1. The van der Waals surface area contributed by atoms with Crippen LogP contribution in [0.5, 0.6) is 0 Å². The maximum Gasteiger partial charge on any atom is 0.226 e. The van der Waals surface area contributed by atoms with Crippen molar-refractivity contribution in [1.82, 2.24) is 19.4 Å². The SMILES string of the molecule is Cn1cc(C(=O)c2ccns2)nn1. The summed E-state index contributed by atoms with van der Waals surface area (Å²) in [6.07, 6.45) is 3.18. The van der Waals surface area contributed by atoms with Gasteiger partial charge in [-0.05, 0) is 17.6 Å². The molecule has 0 unspecified atom stereocenters. The second-order valence-corrected chi connectivity index (χ2v) is 3.32. The average Bonchev–Trinajstić information content (AvgIpc) is 2.72. The molecule has 0 aliphatic heterocycles. The lowest BCUT2D eigenvalue weighted by Crippen LogP contribution is -1.98. The molecule has 0 aliphatic carbocycles. The van der Waals surface area contributed by atoms with E-state index in [1.165, 1.54) is 4.68 Å². The number of aromatic nitrogens is 4. The third kappa shape index (κ3) is 1.48. The van der Waals surface area contributed by atoms with Gasteiger partial charge in [0.05, 0.1) is 11.1 Å². The molecule has 6 heteroatoms. The largest absolute Gasteiger partial charge is 0.286 e. The molecule has 0 bridgehead atoms. The van der Waals surface area contributed by atoms with Gasteiger partial charge in [-0.3, -0.25) is 9.48 Å². The number of hydrogen-bond acceptors (Lipinski definition) is 5. The van der Waals surface area contributed by atoms with Gasteiger partial charge in [0.2, 0.25) is 5.78 Å². The quantitative estimate of drug-likeness (QED) is 0.653. The van der Waals surface area contributed by atoms with E-state index in [4.69, 9.17) is 0 Å². The van der Waals surface area contributed by atoms with E-state index < -0.39 is 0 Å². The van der Waals surface area contributed by atoms with Crippen molar-refractivity contribution >= 4 is 17.3 Å². The second kappa shape index (κ2) is 3.06.